The highest BCUT2D eigenvalue weighted by Gasteiger charge is 2.17. The monoisotopic (exact) mass is 301 g/mol. The Kier molecular flexibility index (Phi) is 5.40. The van der Waals surface area contributed by atoms with Crippen molar-refractivity contribution in [1.82, 2.24) is 4.90 Å². The summed E-state index contributed by atoms with van der Waals surface area (Å²) in [6, 6.07) is 16.0. The molecule has 2 nitrogen and oxygen atoms in total. The summed E-state index contributed by atoms with van der Waals surface area (Å²) >= 11 is 5.87. The van der Waals surface area contributed by atoms with Crippen LogP contribution in [0, 0.1) is 13.8 Å². The normalized spacial score (nSPS) is 10.4. The van der Waals surface area contributed by atoms with E-state index in [0.717, 1.165) is 22.3 Å². The standard InChI is InChI=1S/C18H20ClNO/c1-14-8-9-15(2)17(12-14)18(21)20(11-10-19)13-16-6-4-3-5-7-16/h3-9,12H,10-11,13H2,1-2H3. The number of amides is 1. The summed E-state index contributed by atoms with van der Waals surface area (Å²) in [4.78, 5) is 14.6. The van der Waals surface area contributed by atoms with E-state index < -0.39 is 0 Å². The van der Waals surface area contributed by atoms with Gasteiger partial charge < -0.3 is 4.90 Å². The molecule has 0 aromatic heterocycles. The molecule has 0 aliphatic heterocycles. The zero-order valence-electron chi connectivity index (χ0n) is 12.5. The van der Waals surface area contributed by atoms with Crippen LogP contribution in [0.25, 0.3) is 0 Å². The molecule has 0 unspecified atom stereocenters. The molecule has 0 bridgehead atoms. The van der Waals surface area contributed by atoms with Crippen molar-refractivity contribution in [1.29, 1.82) is 0 Å². The topological polar surface area (TPSA) is 20.3 Å². The quantitative estimate of drug-likeness (QED) is 0.759. The number of hydrogen-bond donors (Lipinski definition) is 0. The van der Waals surface area contributed by atoms with Gasteiger partial charge in [-0.05, 0) is 31.0 Å². The van der Waals surface area contributed by atoms with Gasteiger partial charge in [0.2, 0.25) is 0 Å². The van der Waals surface area contributed by atoms with Gasteiger partial charge >= 0.3 is 0 Å². The molecule has 2 rings (SSSR count). The van der Waals surface area contributed by atoms with Crippen LogP contribution in [0.1, 0.15) is 27.0 Å². The first-order chi connectivity index (χ1) is 10.1. The molecule has 0 atom stereocenters. The number of aryl methyl sites for hydroxylation is 2. The van der Waals surface area contributed by atoms with Gasteiger partial charge in [-0.15, -0.1) is 11.6 Å². The Balaban J connectivity index is 2.25. The molecule has 0 radical (unpaired) electrons. The minimum absolute atomic E-state index is 0.0423. The lowest BCUT2D eigenvalue weighted by Gasteiger charge is -2.23. The number of halogens is 1. The first-order valence-electron chi connectivity index (χ1n) is 7.08. The molecule has 0 heterocycles. The third kappa shape index (κ3) is 4.08. The second-order valence-corrected chi connectivity index (χ2v) is 5.60. The third-order valence-corrected chi connectivity index (χ3v) is 3.65. The highest BCUT2D eigenvalue weighted by molar-refractivity contribution is 6.18. The lowest BCUT2D eigenvalue weighted by Crippen LogP contribution is -2.32. The van der Waals surface area contributed by atoms with Gasteiger partial charge in [-0.1, -0.05) is 48.0 Å². The average Bonchev–Trinajstić information content (AvgIpc) is 2.49. The van der Waals surface area contributed by atoms with Crippen LogP contribution in [0.15, 0.2) is 48.5 Å². The Hall–Kier alpha value is -1.80. The maximum Gasteiger partial charge on any atom is 0.254 e. The van der Waals surface area contributed by atoms with Gasteiger partial charge in [0.1, 0.15) is 0 Å². The third-order valence-electron chi connectivity index (χ3n) is 3.48. The largest absolute Gasteiger partial charge is 0.333 e. The summed E-state index contributed by atoms with van der Waals surface area (Å²) in [5, 5.41) is 0. The minimum Gasteiger partial charge on any atom is -0.333 e. The van der Waals surface area contributed by atoms with E-state index in [1.54, 1.807) is 0 Å². The molecular formula is C18H20ClNO. The van der Waals surface area contributed by atoms with Gasteiger partial charge in [0.15, 0.2) is 0 Å². The lowest BCUT2D eigenvalue weighted by atomic mass is 10.0. The fourth-order valence-corrected chi connectivity index (χ4v) is 2.50. The van der Waals surface area contributed by atoms with Crippen LogP contribution >= 0.6 is 11.6 Å². The van der Waals surface area contributed by atoms with Crippen LogP contribution in [-0.2, 0) is 6.54 Å². The van der Waals surface area contributed by atoms with Gasteiger partial charge in [-0.25, -0.2) is 0 Å². The molecule has 0 aliphatic rings. The lowest BCUT2D eigenvalue weighted by molar-refractivity contribution is 0.0753. The van der Waals surface area contributed by atoms with E-state index in [9.17, 15) is 4.79 Å². The number of carbonyl (C=O) groups is 1. The molecule has 2 aromatic carbocycles. The highest BCUT2D eigenvalue weighted by Crippen LogP contribution is 2.15. The van der Waals surface area contributed by atoms with Gasteiger partial charge in [0, 0.05) is 24.5 Å². The number of hydrogen-bond acceptors (Lipinski definition) is 1. The molecular weight excluding hydrogens is 282 g/mol. The van der Waals surface area contributed by atoms with Gasteiger partial charge in [0.05, 0.1) is 0 Å². The molecule has 1 amide bonds. The van der Waals surface area contributed by atoms with Crippen molar-refractivity contribution in [3.63, 3.8) is 0 Å². The predicted molar refractivity (Wildman–Crippen MR) is 87.8 cm³/mol. The van der Waals surface area contributed by atoms with Crippen molar-refractivity contribution in [3.8, 4) is 0 Å². The van der Waals surface area contributed by atoms with Crippen molar-refractivity contribution in [2.24, 2.45) is 0 Å². The van der Waals surface area contributed by atoms with Crippen LogP contribution in [-0.4, -0.2) is 23.2 Å². The maximum absolute atomic E-state index is 12.8. The van der Waals surface area contributed by atoms with E-state index in [1.807, 2.05) is 67.3 Å². The molecule has 0 spiro atoms. The van der Waals surface area contributed by atoms with E-state index in [1.165, 1.54) is 0 Å². The zero-order valence-corrected chi connectivity index (χ0v) is 13.2. The van der Waals surface area contributed by atoms with E-state index in [-0.39, 0.29) is 5.91 Å². The van der Waals surface area contributed by atoms with Gasteiger partial charge in [0.25, 0.3) is 5.91 Å². The molecule has 21 heavy (non-hydrogen) atoms. The van der Waals surface area contributed by atoms with Gasteiger partial charge in [-0.3, -0.25) is 4.79 Å². The Labute approximate surface area is 131 Å². The number of rotatable bonds is 5. The van der Waals surface area contributed by atoms with E-state index in [2.05, 4.69) is 0 Å². The second-order valence-electron chi connectivity index (χ2n) is 5.22. The molecule has 3 heteroatoms. The van der Waals surface area contributed by atoms with Crippen LogP contribution in [0.3, 0.4) is 0 Å². The average molecular weight is 302 g/mol. The molecule has 110 valence electrons. The van der Waals surface area contributed by atoms with Crippen molar-refractivity contribution >= 4 is 17.5 Å². The molecule has 2 aromatic rings. The Morgan fingerprint density at radius 1 is 1.10 bits per heavy atom. The van der Waals surface area contributed by atoms with Crippen molar-refractivity contribution in [2.45, 2.75) is 20.4 Å². The van der Waals surface area contributed by atoms with Crippen LogP contribution in [0.4, 0.5) is 0 Å². The fourth-order valence-electron chi connectivity index (χ4n) is 2.29. The number of benzene rings is 2. The van der Waals surface area contributed by atoms with Crippen LogP contribution in [0.5, 0.6) is 0 Å². The number of carbonyl (C=O) groups excluding carboxylic acids is 1. The molecule has 0 saturated carbocycles. The Morgan fingerprint density at radius 3 is 2.48 bits per heavy atom. The summed E-state index contributed by atoms with van der Waals surface area (Å²) in [6.07, 6.45) is 0. The summed E-state index contributed by atoms with van der Waals surface area (Å²) in [7, 11) is 0. The van der Waals surface area contributed by atoms with Gasteiger partial charge in [-0.2, -0.15) is 0 Å². The second kappa shape index (κ2) is 7.28. The van der Waals surface area contributed by atoms with E-state index >= 15 is 0 Å². The first kappa shape index (κ1) is 15.6. The SMILES string of the molecule is Cc1ccc(C)c(C(=O)N(CCCl)Cc2ccccc2)c1. The maximum atomic E-state index is 12.8. The summed E-state index contributed by atoms with van der Waals surface area (Å²) in [6.45, 7) is 5.09. The Bertz CT molecular complexity index is 610. The first-order valence-corrected chi connectivity index (χ1v) is 7.61. The zero-order chi connectivity index (χ0) is 15.2. The summed E-state index contributed by atoms with van der Waals surface area (Å²) < 4.78 is 0. The predicted octanol–water partition coefficient (Wildman–Crippen LogP) is 4.18. The summed E-state index contributed by atoms with van der Waals surface area (Å²) in [5.74, 6) is 0.476. The smallest absolute Gasteiger partial charge is 0.254 e. The number of nitrogens with zero attached hydrogens (tertiary/aromatic N) is 1. The van der Waals surface area contributed by atoms with Crippen molar-refractivity contribution in [2.75, 3.05) is 12.4 Å². The molecule has 0 saturated heterocycles. The molecule has 0 fully saturated rings. The Morgan fingerprint density at radius 2 is 1.81 bits per heavy atom. The van der Waals surface area contributed by atoms with E-state index in [0.29, 0.717) is 19.0 Å². The van der Waals surface area contributed by atoms with Crippen LogP contribution < -0.4 is 0 Å². The minimum atomic E-state index is 0.0423. The molecule has 0 aliphatic carbocycles. The summed E-state index contributed by atoms with van der Waals surface area (Å²) in [5.41, 5.74) is 3.96. The van der Waals surface area contributed by atoms with Crippen molar-refractivity contribution in [3.05, 3.63) is 70.8 Å². The fraction of sp³-hybridized carbons (Fsp3) is 0.278. The molecule has 0 N–H and O–H groups in total. The van der Waals surface area contributed by atoms with Crippen LogP contribution in [0.2, 0.25) is 0 Å². The highest BCUT2D eigenvalue weighted by atomic mass is 35.5. The van der Waals surface area contributed by atoms with Crippen molar-refractivity contribution < 1.29 is 4.79 Å². The number of alkyl halides is 1. The van der Waals surface area contributed by atoms with E-state index in [4.69, 9.17) is 11.6 Å².